The van der Waals surface area contributed by atoms with Crippen molar-refractivity contribution in [3.05, 3.63) is 124 Å². The van der Waals surface area contributed by atoms with Crippen molar-refractivity contribution in [1.82, 2.24) is 0 Å². The minimum absolute atomic E-state index is 0.0602. The molecule has 0 saturated heterocycles. The van der Waals surface area contributed by atoms with Gasteiger partial charge in [0, 0.05) is 11.1 Å². The van der Waals surface area contributed by atoms with Crippen LogP contribution in [0.1, 0.15) is 72.1 Å². The first-order valence-corrected chi connectivity index (χ1v) is 15.7. The van der Waals surface area contributed by atoms with Gasteiger partial charge in [0.2, 0.25) is 0 Å². The number of halogens is 16. The quantitative estimate of drug-likeness (QED) is 0.135. The van der Waals surface area contributed by atoms with E-state index in [4.69, 9.17) is 0 Å². The van der Waals surface area contributed by atoms with Gasteiger partial charge in [-0.2, -0.15) is 43.9 Å². The molecule has 0 radical (unpaired) electrons. The zero-order valence-corrected chi connectivity index (χ0v) is 29.4. The standard InChI is InChI=1S/C14H8F10O.2C12H11F3O/c1-7(25)2-3-8-4-9(11(15,16)13(19,20)21)6-10(5-8)12(17,18)14(22,23)24;1-8(16)2-3-9-4-6-10(7-5-9)11(13)12(14)15;1-8(16)5-6-9-3-2-4-10(7-9)11(13)12(14)15/h2-6H,1H3;2*2-7,11-12H,1H3. The van der Waals surface area contributed by atoms with Crippen LogP contribution in [0.15, 0.2) is 85.0 Å². The second-order valence-corrected chi connectivity index (χ2v) is 11.6. The molecule has 0 bridgehead atoms. The predicted molar refractivity (Wildman–Crippen MR) is 178 cm³/mol. The van der Waals surface area contributed by atoms with Gasteiger partial charge in [0.25, 0.3) is 12.9 Å². The number of rotatable bonds is 12. The van der Waals surface area contributed by atoms with Crippen LogP contribution in [0.3, 0.4) is 0 Å². The van der Waals surface area contributed by atoms with Gasteiger partial charge >= 0.3 is 24.2 Å². The van der Waals surface area contributed by atoms with Crippen molar-refractivity contribution in [2.45, 2.75) is 70.2 Å². The Kier molecular flexibility index (Phi) is 18.2. The molecule has 0 fully saturated rings. The Labute approximate surface area is 314 Å². The Morgan fingerprint density at radius 2 is 0.825 bits per heavy atom. The molecule has 0 saturated carbocycles. The van der Waals surface area contributed by atoms with E-state index < -0.39 is 77.9 Å². The second-order valence-electron chi connectivity index (χ2n) is 11.6. The Balaban J connectivity index is 0.000000445. The minimum atomic E-state index is -6.22. The summed E-state index contributed by atoms with van der Waals surface area (Å²) in [6.07, 6.45) is -16.2. The molecule has 0 aromatic heterocycles. The summed E-state index contributed by atoms with van der Waals surface area (Å²) in [7, 11) is 0. The molecule has 2 unspecified atom stereocenters. The van der Waals surface area contributed by atoms with Crippen LogP contribution in [0.2, 0.25) is 0 Å². The fraction of sp³-hybridized carbons (Fsp3) is 0.289. The molecule has 0 aliphatic carbocycles. The lowest BCUT2D eigenvalue weighted by atomic mass is 9.97. The summed E-state index contributed by atoms with van der Waals surface area (Å²) in [5.41, 5.74) is -4.02. The van der Waals surface area contributed by atoms with E-state index in [0.717, 1.165) is 6.92 Å². The van der Waals surface area contributed by atoms with Crippen LogP contribution in [-0.2, 0) is 26.2 Å². The maximum absolute atomic E-state index is 13.4. The molecule has 312 valence electrons. The Morgan fingerprint density at radius 1 is 0.456 bits per heavy atom. The Hall–Kier alpha value is -5.23. The van der Waals surface area contributed by atoms with Crippen LogP contribution in [0, 0.1) is 0 Å². The van der Waals surface area contributed by atoms with Crippen molar-refractivity contribution in [3.63, 3.8) is 0 Å². The fourth-order valence-electron chi connectivity index (χ4n) is 3.99. The molecule has 57 heavy (non-hydrogen) atoms. The van der Waals surface area contributed by atoms with Crippen molar-refractivity contribution >= 4 is 35.6 Å². The zero-order valence-electron chi connectivity index (χ0n) is 29.4. The lowest BCUT2D eigenvalue weighted by Gasteiger charge is -2.24. The molecular formula is C38H30F16O3. The van der Waals surface area contributed by atoms with Gasteiger partial charge in [-0.3, -0.25) is 14.4 Å². The van der Waals surface area contributed by atoms with Gasteiger partial charge in [0.15, 0.2) is 29.7 Å². The van der Waals surface area contributed by atoms with Crippen LogP contribution in [0.25, 0.3) is 18.2 Å². The molecule has 3 aromatic carbocycles. The molecule has 3 nitrogen and oxygen atoms in total. The van der Waals surface area contributed by atoms with Crippen LogP contribution in [0.5, 0.6) is 0 Å². The Bertz CT molecular complexity index is 1850. The molecule has 0 N–H and O–H groups in total. The summed E-state index contributed by atoms with van der Waals surface area (Å²) in [5.74, 6) is -12.4. The lowest BCUT2D eigenvalue weighted by molar-refractivity contribution is -0.292. The third kappa shape index (κ3) is 15.7. The normalized spacial score (nSPS) is 13.7. The summed E-state index contributed by atoms with van der Waals surface area (Å²) in [6.45, 7) is 3.71. The molecule has 0 spiro atoms. The van der Waals surface area contributed by atoms with Crippen LogP contribution < -0.4 is 0 Å². The second kappa shape index (κ2) is 20.8. The van der Waals surface area contributed by atoms with E-state index >= 15 is 0 Å². The molecule has 19 heteroatoms. The van der Waals surface area contributed by atoms with Crippen molar-refractivity contribution in [3.8, 4) is 0 Å². The molecule has 0 aliphatic heterocycles. The average Bonchev–Trinajstić information content (AvgIpc) is 3.11. The predicted octanol–water partition coefficient (Wildman–Crippen LogP) is 12.7. The first-order valence-electron chi connectivity index (χ1n) is 15.7. The van der Waals surface area contributed by atoms with Crippen molar-refractivity contribution < 1.29 is 84.6 Å². The SMILES string of the molecule is CC(=O)C=Cc1cc(C(F)(F)C(F)(F)F)cc(C(F)(F)C(F)(F)F)c1.CC(=O)C=Cc1ccc(C(F)C(F)F)cc1.CC(=O)C=Cc1cccc(C(F)C(F)F)c1. The molecule has 3 rings (SSSR count). The van der Waals surface area contributed by atoms with Crippen molar-refractivity contribution in [2.24, 2.45) is 0 Å². The van der Waals surface area contributed by atoms with Gasteiger partial charge in [0.1, 0.15) is 0 Å². The summed E-state index contributed by atoms with van der Waals surface area (Å²) in [6, 6.07) is 10.8. The summed E-state index contributed by atoms with van der Waals surface area (Å²) < 4.78 is 202. The number of hydrogen-bond acceptors (Lipinski definition) is 3. The summed E-state index contributed by atoms with van der Waals surface area (Å²) in [4.78, 5) is 32.1. The van der Waals surface area contributed by atoms with E-state index in [1.165, 1.54) is 74.5 Å². The number of benzene rings is 3. The summed E-state index contributed by atoms with van der Waals surface area (Å²) in [5, 5.41) is 0. The number of carbonyl (C=O) groups excluding carboxylic acids is 3. The number of carbonyl (C=O) groups is 3. The van der Waals surface area contributed by atoms with Crippen molar-refractivity contribution in [2.75, 3.05) is 0 Å². The van der Waals surface area contributed by atoms with Crippen LogP contribution >= 0.6 is 0 Å². The van der Waals surface area contributed by atoms with Crippen molar-refractivity contribution in [1.29, 1.82) is 0 Å². The van der Waals surface area contributed by atoms with E-state index in [2.05, 4.69) is 0 Å². The van der Waals surface area contributed by atoms with E-state index in [9.17, 15) is 84.6 Å². The van der Waals surface area contributed by atoms with Gasteiger partial charge in [-0.25, -0.2) is 26.3 Å². The van der Waals surface area contributed by atoms with Gasteiger partial charge in [-0.1, -0.05) is 60.7 Å². The number of allylic oxidation sites excluding steroid dienone is 3. The number of alkyl halides is 16. The molecular weight excluding hydrogens is 808 g/mol. The minimum Gasteiger partial charge on any atom is -0.295 e. The van der Waals surface area contributed by atoms with Gasteiger partial charge in [0.05, 0.1) is 0 Å². The molecule has 0 amide bonds. The molecule has 3 aromatic rings. The third-order valence-electron chi connectivity index (χ3n) is 6.85. The highest BCUT2D eigenvalue weighted by atomic mass is 19.4. The monoisotopic (exact) mass is 838 g/mol. The number of ketones is 3. The third-order valence-corrected chi connectivity index (χ3v) is 6.85. The summed E-state index contributed by atoms with van der Waals surface area (Å²) >= 11 is 0. The maximum atomic E-state index is 13.4. The van der Waals surface area contributed by atoms with E-state index in [1.54, 1.807) is 12.1 Å². The largest absolute Gasteiger partial charge is 0.458 e. The Morgan fingerprint density at radius 3 is 1.19 bits per heavy atom. The first-order chi connectivity index (χ1) is 26.0. The molecule has 2 atom stereocenters. The lowest BCUT2D eigenvalue weighted by Crippen LogP contribution is -2.36. The first kappa shape index (κ1) is 49.8. The smallest absolute Gasteiger partial charge is 0.295 e. The molecule has 0 aliphatic rings. The van der Waals surface area contributed by atoms with Crippen LogP contribution in [0.4, 0.5) is 70.2 Å². The van der Waals surface area contributed by atoms with Gasteiger partial charge in [-0.15, -0.1) is 0 Å². The average molecular weight is 839 g/mol. The topological polar surface area (TPSA) is 51.2 Å². The van der Waals surface area contributed by atoms with E-state index in [0.29, 0.717) is 23.3 Å². The highest BCUT2D eigenvalue weighted by Crippen LogP contribution is 2.48. The van der Waals surface area contributed by atoms with E-state index in [-0.39, 0.29) is 34.8 Å². The maximum Gasteiger partial charge on any atom is 0.458 e. The van der Waals surface area contributed by atoms with Gasteiger partial charge in [-0.05, 0) is 91.1 Å². The molecule has 0 heterocycles. The highest BCUT2D eigenvalue weighted by molar-refractivity contribution is 5.92. The number of hydrogen-bond donors (Lipinski definition) is 0. The van der Waals surface area contributed by atoms with Gasteiger partial charge < -0.3 is 0 Å². The van der Waals surface area contributed by atoms with Crippen LogP contribution in [-0.4, -0.2) is 42.6 Å². The van der Waals surface area contributed by atoms with E-state index in [1.807, 2.05) is 0 Å². The fourth-order valence-corrected chi connectivity index (χ4v) is 3.99. The zero-order chi connectivity index (χ0) is 44.1. The highest BCUT2D eigenvalue weighted by Gasteiger charge is 2.61.